The summed E-state index contributed by atoms with van der Waals surface area (Å²) in [6.07, 6.45) is 4.50. The van der Waals surface area contributed by atoms with Crippen molar-refractivity contribution in [3.8, 4) is 0 Å². The molecule has 0 saturated carbocycles. The first-order valence-corrected chi connectivity index (χ1v) is 7.11. The second-order valence-electron chi connectivity index (χ2n) is 4.95. The number of aryl methyl sites for hydroxylation is 3. The van der Waals surface area contributed by atoms with Gasteiger partial charge >= 0.3 is 0 Å². The smallest absolute Gasteiger partial charge is 0.219 e. The number of carbonyl (C=O) groups is 1. The van der Waals surface area contributed by atoms with E-state index < -0.39 is 0 Å². The van der Waals surface area contributed by atoms with Crippen LogP contribution in [0.1, 0.15) is 43.5 Å². The predicted octanol–water partition coefficient (Wildman–Crippen LogP) is 1.53. The molecule has 1 rings (SSSR count). The van der Waals surface area contributed by atoms with Crippen molar-refractivity contribution in [1.82, 2.24) is 15.1 Å². The van der Waals surface area contributed by atoms with E-state index in [0.29, 0.717) is 19.5 Å². The van der Waals surface area contributed by atoms with Gasteiger partial charge in [0.05, 0.1) is 5.69 Å². The summed E-state index contributed by atoms with van der Waals surface area (Å²) in [6, 6.07) is 2.07. The van der Waals surface area contributed by atoms with Gasteiger partial charge < -0.3 is 11.1 Å². The molecule has 0 bridgehead atoms. The molecule has 0 unspecified atom stereocenters. The fourth-order valence-corrected chi connectivity index (χ4v) is 2.05. The van der Waals surface area contributed by atoms with E-state index in [2.05, 4.69) is 23.4 Å². The SMILES string of the molecule is Cc1cc(C)n(CCCNC(=O)CCCCCN)n1. The largest absolute Gasteiger partial charge is 0.356 e. The van der Waals surface area contributed by atoms with Crippen molar-refractivity contribution in [1.29, 1.82) is 0 Å². The van der Waals surface area contributed by atoms with Crippen molar-refractivity contribution in [2.75, 3.05) is 13.1 Å². The van der Waals surface area contributed by atoms with Crippen LogP contribution in [0.5, 0.6) is 0 Å². The Balaban J connectivity index is 2.07. The van der Waals surface area contributed by atoms with E-state index in [1.165, 1.54) is 5.69 Å². The average molecular weight is 266 g/mol. The summed E-state index contributed by atoms with van der Waals surface area (Å²) in [4.78, 5) is 11.5. The van der Waals surface area contributed by atoms with Crippen LogP contribution in [-0.2, 0) is 11.3 Å². The van der Waals surface area contributed by atoms with Crippen molar-refractivity contribution < 1.29 is 4.79 Å². The highest BCUT2D eigenvalue weighted by atomic mass is 16.1. The van der Waals surface area contributed by atoms with Crippen LogP contribution < -0.4 is 11.1 Å². The Morgan fingerprint density at radius 1 is 1.32 bits per heavy atom. The van der Waals surface area contributed by atoms with Crippen molar-refractivity contribution in [2.24, 2.45) is 5.73 Å². The van der Waals surface area contributed by atoms with Crippen molar-refractivity contribution >= 4 is 5.91 Å². The third kappa shape index (κ3) is 6.38. The highest BCUT2D eigenvalue weighted by molar-refractivity contribution is 5.75. The van der Waals surface area contributed by atoms with Crippen molar-refractivity contribution in [3.05, 3.63) is 17.5 Å². The van der Waals surface area contributed by atoms with Crippen LogP contribution in [0.4, 0.5) is 0 Å². The minimum Gasteiger partial charge on any atom is -0.356 e. The van der Waals surface area contributed by atoms with Crippen molar-refractivity contribution in [2.45, 2.75) is 52.5 Å². The van der Waals surface area contributed by atoms with E-state index >= 15 is 0 Å². The van der Waals surface area contributed by atoms with Crippen LogP contribution in [0, 0.1) is 13.8 Å². The molecule has 0 saturated heterocycles. The van der Waals surface area contributed by atoms with Gasteiger partial charge in [-0.25, -0.2) is 0 Å². The zero-order valence-electron chi connectivity index (χ0n) is 12.1. The Morgan fingerprint density at radius 3 is 2.74 bits per heavy atom. The molecule has 3 N–H and O–H groups in total. The van der Waals surface area contributed by atoms with E-state index in [1.54, 1.807) is 0 Å². The predicted molar refractivity (Wildman–Crippen MR) is 76.9 cm³/mol. The van der Waals surface area contributed by atoms with Gasteiger partial charge in [-0.05, 0) is 45.7 Å². The lowest BCUT2D eigenvalue weighted by molar-refractivity contribution is -0.121. The number of unbranched alkanes of at least 4 members (excludes halogenated alkanes) is 2. The number of rotatable bonds is 9. The summed E-state index contributed by atoms with van der Waals surface area (Å²) < 4.78 is 1.99. The van der Waals surface area contributed by atoms with Crippen molar-refractivity contribution in [3.63, 3.8) is 0 Å². The van der Waals surface area contributed by atoms with Crippen LogP contribution >= 0.6 is 0 Å². The fourth-order valence-electron chi connectivity index (χ4n) is 2.05. The second-order valence-corrected chi connectivity index (χ2v) is 4.95. The molecule has 0 aliphatic rings. The molecule has 1 aromatic rings. The minimum absolute atomic E-state index is 0.144. The standard InChI is InChI=1S/C14H26N4O/c1-12-11-13(2)18(17-12)10-6-9-16-14(19)7-4-3-5-8-15/h11H,3-10,15H2,1-2H3,(H,16,19). The van der Waals surface area contributed by atoms with E-state index in [1.807, 2.05) is 11.6 Å². The zero-order chi connectivity index (χ0) is 14.1. The molecule has 0 radical (unpaired) electrons. The molecule has 0 aliphatic heterocycles. The molecule has 108 valence electrons. The Morgan fingerprint density at radius 2 is 2.11 bits per heavy atom. The molecule has 5 nitrogen and oxygen atoms in total. The van der Waals surface area contributed by atoms with E-state index in [0.717, 1.165) is 37.9 Å². The number of amides is 1. The lowest BCUT2D eigenvalue weighted by atomic mass is 10.2. The van der Waals surface area contributed by atoms with Gasteiger partial charge in [-0.1, -0.05) is 6.42 Å². The molecule has 0 aliphatic carbocycles. The fraction of sp³-hybridized carbons (Fsp3) is 0.714. The number of nitrogens with zero attached hydrogens (tertiary/aromatic N) is 2. The first-order chi connectivity index (χ1) is 9.13. The monoisotopic (exact) mass is 266 g/mol. The highest BCUT2D eigenvalue weighted by Crippen LogP contribution is 2.02. The number of carbonyl (C=O) groups excluding carboxylic acids is 1. The molecule has 1 amide bonds. The number of nitrogens with one attached hydrogen (secondary N) is 1. The summed E-state index contributed by atoms with van der Waals surface area (Å²) in [6.45, 7) is 6.33. The Labute approximate surface area is 115 Å². The highest BCUT2D eigenvalue weighted by Gasteiger charge is 2.02. The topological polar surface area (TPSA) is 72.9 Å². The summed E-state index contributed by atoms with van der Waals surface area (Å²) in [5.41, 5.74) is 7.62. The Bertz CT molecular complexity index is 387. The van der Waals surface area contributed by atoms with Gasteiger partial charge in [0, 0.05) is 25.2 Å². The maximum Gasteiger partial charge on any atom is 0.219 e. The quantitative estimate of drug-likeness (QED) is 0.666. The van der Waals surface area contributed by atoms with Gasteiger partial charge in [0.1, 0.15) is 0 Å². The van der Waals surface area contributed by atoms with Crippen LogP contribution in [-0.4, -0.2) is 28.8 Å². The number of aromatic nitrogens is 2. The third-order valence-corrected chi connectivity index (χ3v) is 3.08. The molecule has 19 heavy (non-hydrogen) atoms. The van der Waals surface area contributed by atoms with E-state index in [9.17, 15) is 4.79 Å². The molecular weight excluding hydrogens is 240 g/mol. The average Bonchev–Trinajstić information content (AvgIpc) is 2.69. The zero-order valence-corrected chi connectivity index (χ0v) is 12.1. The lowest BCUT2D eigenvalue weighted by Gasteiger charge is -2.06. The van der Waals surface area contributed by atoms with Gasteiger partial charge in [-0.3, -0.25) is 9.48 Å². The molecule has 5 heteroatoms. The summed E-state index contributed by atoms with van der Waals surface area (Å²) in [5.74, 6) is 0.144. The number of nitrogens with two attached hydrogens (primary N) is 1. The first kappa shape index (κ1) is 15.7. The Kier molecular flexibility index (Phi) is 7.18. The number of hydrogen-bond acceptors (Lipinski definition) is 3. The normalized spacial score (nSPS) is 10.7. The van der Waals surface area contributed by atoms with Gasteiger partial charge in [0.15, 0.2) is 0 Å². The minimum atomic E-state index is 0.144. The third-order valence-electron chi connectivity index (χ3n) is 3.08. The Hall–Kier alpha value is -1.36. The molecule has 0 atom stereocenters. The van der Waals surface area contributed by atoms with Crippen LogP contribution in [0.2, 0.25) is 0 Å². The van der Waals surface area contributed by atoms with E-state index in [4.69, 9.17) is 5.73 Å². The molecule has 0 fully saturated rings. The molecule has 0 aromatic carbocycles. The number of hydrogen-bond donors (Lipinski definition) is 2. The van der Waals surface area contributed by atoms with Crippen LogP contribution in [0.3, 0.4) is 0 Å². The van der Waals surface area contributed by atoms with Gasteiger partial charge in [0.2, 0.25) is 5.91 Å². The van der Waals surface area contributed by atoms with Crippen LogP contribution in [0.25, 0.3) is 0 Å². The maximum absolute atomic E-state index is 11.5. The van der Waals surface area contributed by atoms with Gasteiger partial charge in [0.25, 0.3) is 0 Å². The molecule has 1 heterocycles. The second kappa shape index (κ2) is 8.69. The van der Waals surface area contributed by atoms with E-state index in [-0.39, 0.29) is 5.91 Å². The van der Waals surface area contributed by atoms with Gasteiger partial charge in [-0.15, -0.1) is 0 Å². The lowest BCUT2D eigenvalue weighted by Crippen LogP contribution is -2.25. The van der Waals surface area contributed by atoms with Crippen LogP contribution in [0.15, 0.2) is 6.07 Å². The maximum atomic E-state index is 11.5. The molecule has 0 spiro atoms. The van der Waals surface area contributed by atoms with Gasteiger partial charge in [-0.2, -0.15) is 5.10 Å². The summed E-state index contributed by atoms with van der Waals surface area (Å²) >= 11 is 0. The first-order valence-electron chi connectivity index (χ1n) is 7.11. The summed E-state index contributed by atoms with van der Waals surface area (Å²) in [5, 5.41) is 7.33. The molecule has 1 aromatic heterocycles. The molecular formula is C14H26N4O. The summed E-state index contributed by atoms with van der Waals surface area (Å²) in [7, 11) is 0.